The highest BCUT2D eigenvalue weighted by molar-refractivity contribution is 5.90. The largest absolute Gasteiger partial charge is 0.477 e. The van der Waals surface area contributed by atoms with Gasteiger partial charge in [0.15, 0.2) is 23.4 Å². The van der Waals surface area contributed by atoms with E-state index in [0.29, 0.717) is 43.1 Å². The number of aliphatic hydroxyl groups is 1. The fourth-order valence-corrected chi connectivity index (χ4v) is 8.27. The van der Waals surface area contributed by atoms with Crippen LogP contribution in [0.5, 0.6) is 11.5 Å². The molecule has 0 radical (unpaired) electrons. The van der Waals surface area contributed by atoms with Crippen LogP contribution in [0.1, 0.15) is 114 Å². The molecule has 6 rings (SSSR count). The van der Waals surface area contributed by atoms with Gasteiger partial charge in [-0.15, -0.1) is 0 Å². The second-order valence-electron chi connectivity index (χ2n) is 12.8. The number of esters is 1. The number of carbonyl (C=O) groups is 2. The molecule has 0 aromatic heterocycles. The molecule has 208 valence electrons. The summed E-state index contributed by atoms with van der Waals surface area (Å²) >= 11 is 0. The molecule has 5 aliphatic rings. The molecule has 2 N–H and O–H groups in total. The molecule has 1 aromatic carbocycles. The van der Waals surface area contributed by atoms with E-state index in [9.17, 15) is 14.7 Å². The van der Waals surface area contributed by atoms with Crippen LogP contribution in [-0.2, 0) is 21.4 Å². The summed E-state index contributed by atoms with van der Waals surface area (Å²) in [4.78, 5) is 26.2. The zero-order chi connectivity index (χ0) is 26.3. The number of rotatable bonds is 13. The molecule has 1 saturated heterocycles. The molecule has 1 spiro atoms. The maximum atomic E-state index is 13.4. The molecular formula is C32H45NO5. The lowest BCUT2D eigenvalue weighted by Crippen LogP contribution is -2.79. The Morgan fingerprint density at radius 2 is 1.84 bits per heavy atom. The van der Waals surface area contributed by atoms with E-state index in [1.54, 1.807) is 0 Å². The third-order valence-corrected chi connectivity index (χ3v) is 10.3. The van der Waals surface area contributed by atoms with Crippen molar-refractivity contribution in [1.29, 1.82) is 0 Å². The van der Waals surface area contributed by atoms with Gasteiger partial charge in [0.1, 0.15) is 0 Å². The van der Waals surface area contributed by atoms with E-state index in [1.807, 2.05) is 12.1 Å². The molecule has 1 aromatic rings. The molecule has 2 aliphatic heterocycles. The van der Waals surface area contributed by atoms with Crippen LogP contribution in [0.4, 0.5) is 0 Å². The van der Waals surface area contributed by atoms with Crippen LogP contribution in [0, 0.1) is 11.8 Å². The van der Waals surface area contributed by atoms with Crippen molar-refractivity contribution in [1.82, 2.24) is 5.32 Å². The lowest BCUT2D eigenvalue weighted by atomic mass is 9.45. The molecule has 6 nitrogen and oxygen atoms in total. The van der Waals surface area contributed by atoms with Gasteiger partial charge in [0.2, 0.25) is 0 Å². The van der Waals surface area contributed by atoms with Crippen molar-refractivity contribution in [3.8, 4) is 11.5 Å². The Hall–Kier alpha value is -1.92. The molecule has 3 aliphatic carbocycles. The summed E-state index contributed by atoms with van der Waals surface area (Å²) in [5.74, 6) is 1.59. The Labute approximate surface area is 227 Å². The van der Waals surface area contributed by atoms with Crippen LogP contribution in [-0.4, -0.2) is 41.2 Å². The van der Waals surface area contributed by atoms with Crippen LogP contribution in [0.15, 0.2) is 12.1 Å². The molecule has 0 amide bonds. The first-order chi connectivity index (χ1) is 18.5. The molecule has 6 heteroatoms. The number of unbranched alkanes of at least 4 members (excludes halogenated alkanes) is 8. The first-order valence-corrected chi connectivity index (χ1v) is 15.5. The number of benzene rings is 1. The number of nitrogens with one attached hydrogen (secondary N) is 1. The maximum Gasteiger partial charge on any atom is 0.311 e. The minimum atomic E-state index is -1.03. The third-order valence-electron chi connectivity index (χ3n) is 10.3. The number of hydrogen-bond donors (Lipinski definition) is 2. The number of Topliss-reactive ketones (excluding diaryl/α,β-unsaturated/α-hetero) is 1. The fourth-order valence-electron chi connectivity index (χ4n) is 8.27. The number of carbonyl (C=O) groups excluding carboxylic acids is 2. The summed E-state index contributed by atoms with van der Waals surface area (Å²) in [5, 5.41) is 16.0. The summed E-state index contributed by atoms with van der Waals surface area (Å²) in [7, 11) is 0. The zero-order valence-corrected chi connectivity index (χ0v) is 23.1. The summed E-state index contributed by atoms with van der Waals surface area (Å²) < 4.78 is 12.4. The van der Waals surface area contributed by atoms with E-state index in [0.717, 1.165) is 43.4 Å². The van der Waals surface area contributed by atoms with E-state index in [4.69, 9.17) is 9.47 Å². The van der Waals surface area contributed by atoms with Crippen molar-refractivity contribution in [2.24, 2.45) is 11.8 Å². The summed E-state index contributed by atoms with van der Waals surface area (Å²) in [6, 6.07) is 3.80. The second-order valence-corrected chi connectivity index (χ2v) is 12.8. The Kier molecular flexibility index (Phi) is 7.32. The van der Waals surface area contributed by atoms with Crippen molar-refractivity contribution in [3.63, 3.8) is 0 Å². The average molecular weight is 524 g/mol. The third kappa shape index (κ3) is 4.30. The number of piperidine rings is 1. The Morgan fingerprint density at radius 3 is 2.58 bits per heavy atom. The lowest BCUT2D eigenvalue weighted by Gasteiger charge is -2.63. The first kappa shape index (κ1) is 26.3. The number of hydrogen-bond acceptors (Lipinski definition) is 6. The van der Waals surface area contributed by atoms with Gasteiger partial charge in [-0.3, -0.25) is 9.59 Å². The molecule has 2 saturated carbocycles. The Morgan fingerprint density at radius 1 is 1.11 bits per heavy atom. The van der Waals surface area contributed by atoms with Crippen molar-refractivity contribution in [2.45, 2.75) is 133 Å². The van der Waals surface area contributed by atoms with Crippen LogP contribution in [0.3, 0.4) is 0 Å². The minimum absolute atomic E-state index is 0.0761. The molecule has 2 heterocycles. The molecule has 38 heavy (non-hydrogen) atoms. The smallest absolute Gasteiger partial charge is 0.311 e. The predicted molar refractivity (Wildman–Crippen MR) is 146 cm³/mol. The van der Waals surface area contributed by atoms with Crippen LogP contribution < -0.4 is 14.8 Å². The summed E-state index contributed by atoms with van der Waals surface area (Å²) in [6.45, 7) is 3.03. The van der Waals surface area contributed by atoms with Gasteiger partial charge in [0.05, 0.1) is 11.0 Å². The summed E-state index contributed by atoms with van der Waals surface area (Å²) in [6.07, 6.45) is 15.4. The van der Waals surface area contributed by atoms with Crippen LogP contribution >= 0.6 is 0 Å². The van der Waals surface area contributed by atoms with Gasteiger partial charge in [-0.05, 0) is 55.7 Å². The Bertz CT molecular complexity index is 1070. The highest BCUT2D eigenvalue weighted by Crippen LogP contribution is 2.66. The highest BCUT2D eigenvalue weighted by Gasteiger charge is 2.75. The van der Waals surface area contributed by atoms with Crippen molar-refractivity contribution in [3.05, 3.63) is 23.3 Å². The SMILES string of the molecule is CCCCCCCCCCCC(=O)Oc1ccc2c3c1OC1C(=O)CCC4(O)C(C2)NCC(CC2CC2)C314. The fraction of sp³-hybridized carbons (Fsp3) is 0.750. The topological polar surface area (TPSA) is 84.9 Å². The van der Waals surface area contributed by atoms with Gasteiger partial charge >= 0.3 is 5.97 Å². The minimum Gasteiger partial charge on any atom is -0.477 e. The van der Waals surface area contributed by atoms with E-state index < -0.39 is 17.1 Å². The van der Waals surface area contributed by atoms with Gasteiger partial charge in [-0.25, -0.2) is 0 Å². The maximum absolute atomic E-state index is 13.4. The standard InChI is InChI=1S/C32H45NO5/c1-2-3-4-5-6-7-8-9-10-11-27(35)37-25-15-14-22-19-26-31(36)17-16-24(34)30-32(31,28(22)29(25)38-30)23(20-33-26)18-21-12-13-21/h14-15,21,23,26,30,33,36H,2-13,16-20H2,1H3. The normalized spacial score (nSPS) is 32.6. The van der Waals surface area contributed by atoms with Gasteiger partial charge in [0, 0.05) is 24.4 Å². The van der Waals surface area contributed by atoms with E-state index in [2.05, 4.69) is 12.2 Å². The molecule has 5 atom stereocenters. The quantitative estimate of drug-likeness (QED) is 0.200. The molecule has 3 fully saturated rings. The van der Waals surface area contributed by atoms with E-state index >= 15 is 0 Å². The second kappa shape index (κ2) is 10.6. The Balaban J connectivity index is 1.18. The predicted octanol–water partition coefficient (Wildman–Crippen LogP) is 5.55. The lowest BCUT2D eigenvalue weighted by molar-refractivity contribution is -0.181. The molecule has 5 unspecified atom stereocenters. The zero-order valence-electron chi connectivity index (χ0n) is 23.1. The first-order valence-electron chi connectivity index (χ1n) is 15.5. The number of ether oxygens (including phenoxy) is 2. The molecule has 2 bridgehead atoms. The van der Waals surface area contributed by atoms with Gasteiger partial charge < -0.3 is 19.9 Å². The van der Waals surface area contributed by atoms with E-state index in [-0.39, 0.29) is 23.7 Å². The van der Waals surface area contributed by atoms with Gasteiger partial charge in [-0.1, -0.05) is 77.2 Å². The monoisotopic (exact) mass is 523 g/mol. The van der Waals surface area contributed by atoms with Crippen molar-refractivity contribution >= 4 is 11.8 Å². The van der Waals surface area contributed by atoms with E-state index in [1.165, 1.54) is 51.4 Å². The van der Waals surface area contributed by atoms with Crippen LogP contribution in [0.2, 0.25) is 0 Å². The van der Waals surface area contributed by atoms with Crippen molar-refractivity contribution in [2.75, 3.05) is 6.54 Å². The van der Waals surface area contributed by atoms with Crippen LogP contribution in [0.25, 0.3) is 0 Å². The molecular weight excluding hydrogens is 478 g/mol. The van der Waals surface area contributed by atoms with Gasteiger partial charge in [0.25, 0.3) is 0 Å². The van der Waals surface area contributed by atoms with Gasteiger partial charge in [-0.2, -0.15) is 0 Å². The number of ketones is 1. The summed E-state index contributed by atoms with van der Waals surface area (Å²) in [5.41, 5.74) is 0.317. The highest BCUT2D eigenvalue weighted by atomic mass is 16.6. The average Bonchev–Trinajstić information content (AvgIpc) is 3.64. The van der Waals surface area contributed by atoms with Crippen molar-refractivity contribution < 1.29 is 24.2 Å².